The Bertz CT molecular complexity index is 2360. The van der Waals surface area contributed by atoms with Crippen molar-refractivity contribution in [2.45, 2.75) is 0 Å². The number of nitrogens with zero attached hydrogens (tertiary/aromatic N) is 4. The van der Waals surface area contributed by atoms with E-state index in [9.17, 15) is 0 Å². The molecule has 0 fully saturated rings. The van der Waals surface area contributed by atoms with Gasteiger partial charge in [-0.25, -0.2) is 0 Å². The minimum absolute atomic E-state index is 0.752. The number of methoxy groups -OCH3 is 2. The lowest BCUT2D eigenvalue weighted by Gasteiger charge is -2.13. The van der Waals surface area contributed by atoms with E-state index in [-0.39, 0.29) is 0 Å². The van der Waals surface area contributed by atoms with Crippen molar-refractivity contribution in [1.82, 2.24) is 9.97 Å². The van der Waals surface area contributed by atoms with E-state index in [1.807, 2.05) is 97.3 Å². The Labute approximate surface area is 290 Å². The van der Waals surface area contributed by atoms with Crippen LogP contribution >= 0.6 is 0 Å². The van der Waals surface area contributed by atoms with Crippen molar-refractivity contribution < 1.29 is 9.47 Å². The van der Waals surface area contributed by atoms with E-state index in [1.54, 1.807) is 14.2 Å². The summed E-state index contributed by atoms with van der Waals surface area (Å²) in [6.07, 6.45) is 3.69. The van der Waals surface area contributed by atoms with Gasteiger partial charge in [-0.05, 0) is 93.7 Å². The van der Waals surface area contributed by atoms with Gasteiger partial charge in [0, 0.05) is 34.3 Å². The average molecular weight is 649 g/mol. The molecule has 0 atom stereocenters. The van der Waals surface area contributed by atoms with Crippen molar-refractivity contribution in [3.63, 3.8) is 0 Å². The molecule has 0 saturated heterocycles. The Kier molecular flexibility index (Phi) is 8.25. The Morgan fingerprint density at radius 1 is 0.420 bits per heavy atom. The number of hydrogen-bond donors (Lipinski definition) is 0. The molecule has 2 heterocycles. The monoisotopic (exact) mass is 648 g/mol. The third kappa shape index (κ3) is 5.95. The number of rotatable bonds is 8. The second-order valence-corrected chi connectivity index (χ2v) is 11.9. The molecule has 0 radical (unpaired) electrons. The summed E-state index contributed by atoms with van der Waals surface area (Å²) in [5.41, 5.74) is 9.25. The van der Waals surface area contributed by atoms with E-state index in [2.05, 4.69) is 70.9 Å². The highest BCUT2D eigenvalue weighted by Gasteiger charge is 2.15. The van der Waals surface area contributed by atoms with Gasteiger partial charge < -0.3 is 9.47 Å². The molecule has 6 heteroatoms. The number of hydrogen-bond acceptors (Lipinski definition) is 6. The Hall–Kier alpha value is -6.66. The third-order valence-electron chi connectivity index (χ3n) is 8.90. The number of azo groups is 1. The highest BCUT2D eigenvalue weighted by Crippen LogP contribution is 2.39. The summed E-state index contributed by atoms with van der Waals surface area (Å²) < 4.78 is 11.5. The van der Waals surface area contributed by atoms with E-state index >= 15 is 0 Å². The standard InChI is InChI=1S/C44H32N4O2/c1-49-41-19-17-33(27-39(41)43-37-15-5-3-9-29(37)21-23-45-43)31-11-7-13-35(25-31)47-48-36-14-8-12-32(26-36)34-18-20-42(50-2)40(28-34)44-38-16-6-4-10-30(38)22-24-46-44/h3-28H,1-2H3. The fourth-order valence-corrected chi connectivity index (χ4v) is 6.42. The van der Waals surface area contributed by atoms with Crippen LogP contribution in [0.5, 0.6) is 11.5 Å². The molecule has 0 saturated carbocycles. The third-order valence-corrected chi connectivity index (χ3v) is 8.90. The normalized spacial score (nSPS) is 11.3. The molecule has 0 aliphatic carbocycles. The molecule has 0 spiro atoms. The first-order chi connectivity index (χ1) is 24.7. The first-order valence-corrected chi connectivity index (χ1v) is 16.4. The van der Waals surface area contributed by atoms with Gasteiger partial charge in [0.15, 0.2) is 0 Å². The van der Waals surface area contributed by atoms with Crippen LogP contribution in [0.25, 0.3) is 66.3 Å². The van der Waals surface area contributed by atoms with Gasteiger partial charge in [-0.2, -0.15) is 10.2 Å². The van der Waals surface area contributed by atoms with Crippen molar-refractivity contribution in [3.8, 4) is 56.3 Å². The summed E-state index contributed by atoms with van der Waals surface area (Å²) in [4.78, 5) is 9.50. The summed E-state index contributed by atoms with van der Waals surface area (Å²) in [5.74, 6) is 1.54. The summed E-state index contributed by atoms with van der Waals surface area (Å²) in [6.45, 7) is 0. The summed E-state index contributed by atoms with van der Waals surface area (Å²) >= 11 is 0. The van der Waals surface area contributed by atoms with Crippen LogP contribution in [0.3, 0.4) is 0 Å². The van der Waals surface area contributed by atoms with E-state index in [0.29, 0.717) is 0 Å². The van der Waals surface area contributed by atoms with Crippen LogP contribution in [0.15, 0.2) is 168 Å². The lowest BCUT2D eigenvalue weighted by atomic mass is 9.98. The number of fused-ring (bicyclic) bond motifs is 2. The van der Waals surface area contributed by atoms with Gasteiger partial charge in [-0.15, -0.1) is 0 Å². The fraction of sp³-hybridized carbons (Fsp3) is 0.0455. The largest absolute Gasteiger partial charge is 0.496 e. The maximum atomic E-state index is 5.77. The minimum atomic E-state index is 0.752. The molecule has 8 aromatic rings. The maximum absolute atomic E-state index is 5.77. The number of pyridine rings is 2. The Morgan fingerprint density at radius 3 is 1.32 bits per heavy atom. The molecule has 240 valence electrons. The van der Waals surface area contributed by atoms with Gasteiger partial charge in [-0.3, -0.25) is 9.97 Å². The van der Waals surface area contributed by atoms with Gasteiger partial charge >= 0.3 is 0 Å². The summed E-state index contributed by atoms with van der Waals surface area (Å²) in [5, 5.41) is 13.7. The molecule has 8 rings (SSSR count). The topological polar surface area (TPSA) is 69.0 Å². The van der Waals surface area contributed by atoms with Crippen LogP contribution in [0.2, 0.25) is 0 Å². The number of benzene rings is 6. The fourth-order valence-electron chi connectivity index (χ4n) is 6.42. The molecule has 0 bridgehead atoms. The lowest BCUT2D eigenvalue weighted by molar-refractivity contribution is 0.416. The predicted molar refractivity (Wildman–Crippen MR) is 203 cm³/mol. The predicted octanol–water partition coefficient (Wildman–Crippen LogP) is 11.9. The van der Waals surface area contributed by atoms with E-state index in [0.717, 1.165) is 89.2 Å². The first kappa shape index (κ1) is 30.7. The zero-order valence-electron chi connectivity index (χ0n) is 27.6. The molecule has 0 unspecified atom stereocenters. The number of aromatic nitrogens is 2. The summed E-state index contributed by atoms with van der Waals surface area (Å²) in [6, 6.07) is 49.1. The molecule has 0 N–H and O–H groups in total. The molecule has 2 aromatic heterocycles. The van der Waals surface area contributed by atoms with Gasteiger partial charge in [0.1, 0.15) is 11.5 Å². The Balaban J connectivity index is 1.10. The van der Waals surface area contributed by atoms with Crippen molar-refractivity contribution in [1.29, 1.82) is 0 Å². The number of ether oxygens (including phenoxy) is 2. The Morgan fingerprint density at radius 2 is 0.860 bits per heavy atom. The van der Waals surface area contributed by atoms with Crippen LogP contribution in [-0.4, -0.2) is 24.2 Å². The van der Waals surface area contributed by atoms with Gasteiger partial charge in [0.25, 0.3) is 0 Å². The van der Waals surface area contributed by atoms with Crippen LogP contribution < -0.4 is 9.47 Å². The average Bonchev–Trinajstić information content (AvgIpc) is 3.19. The zero-order valence-corrected chi connectivity index (χ0v) is 27.6. The van der Waals surface area contributed by atoms with Crippen molar-refractivity contribution in [3.05, 3.63) is 158 Å². The highest BCUT2D eigenvalue weighted by molar-refractivity contribution is 5.97. The van der Waals surface area contributed by atoms with Crippen LogP contribution in [-0.2, 0) is 0 Å². The molecule has 0 amide bonds. The van der Waals surface area contributed by atoms with E-state index in [1.165, 1.54) is 0 Å². The SMILES string of the molecule is COc1ccc(-c2cccc(N=Nc3cccc(-c4ccc(OC)c(-c5nccc6ccccc56)c4)c3)c2)cc1-c1nccc2ccccc12. The van der Waals surface area contributed by atoms with Crippen molar-refractivity contribution in [2.75, 3.05) is 14.2 Å². The molecule has 50 heavy (non-hydrogen) atoms. The van der Waals surface area contributed by atoms with Crippen molar-refractivity contribution >= 4 is 32.9 Å². The minimum Gasteiger partial charge on any atom is -0.496 e. The van der Waals surface area contributed by atoms with Gasteiger partial charge in [0.05, 0.1) is 37.0 Å². The second kappa shape index (κ2) is 13.5. The zero-order chi connectivity index (χ0) is 33.9. The first-order valence-electron chi connectivity index (χ1n) is 16.4. The van der Waals surface area contributed by atoms with Crippen LogP contribution in [0, 0.1) is 0 Å². The lowest BCUT2D eigenvalue weighted by Crippen LogP contribution is -1.92. The van der Waals surface area contributed by atoms with Crippen LogP contribution in [0.1, 0.15) is 0 Å². The summed E-state index contributed by atoms with van der Waals surface area (Å²) in [7, 11) is 3.38. The van der Waals surface area contributed by atoms with E-state index < -0.39 is 0 Å². The van der Waals surface area contributed by atoms with Crippen molar-refractivity contribution in [2.24, 2.45) is 10.2 Å². The molecule has 0 aliphatic rings. The maximum Gasteiger partial charge on any atom is 0.128 e. The van der Waals surface area contributed by atoms with Gasteiger partial charge in [0.2, 0.25) is 0 Å². The van der Waals surface area contributed by atoms with E-state index in [4.69, 9.17) is 19.4 Å². The molecule has 6 aromatic carbocycles. The molecule has 6 nitrogen and oxygen atoms in total. The smallest absolute Gasteiger partial charge is 0.128 e. The molecule has 0 aliphatic heterocycles. The second-order valence-electron chi connectivity index (χ2n) is 11.9. The molecular weight excluding hydrogens is 617 g/mol. The van der Waals surface area contributed by atoms with Gasteiger partial charge in [-0.1, -0.05) is 84.9 Å². The quantitative estimate of drug-likeness (QED) is 0.154. The molecular formula is C44H32N4O2. The van der Waals surface area contributed by atoms with Crippen LogP contribution in [0.4, 0.5) is 11.4 Å². The highest BCUT2D eigenvalue weighted by atomic mass is 16.5.